The molecule has 0 saturated heterocycles. The molecule has 0 unspecified atom stereocenters. The first-order valence-corrected chi connectivity index (χ1v) is 5.21. The molecule has 1 aliphatic rings. The van der Waals surface area contributed by atoms with Gasteiger partial charge in [0.15, 0.2) is 0 Å². The summed E-state index contributed by atoms with van der Waals surface area (Å²) in [6, 6.07) is 5.41. The third-order valence-corrected chi connectivity index (χ3v) is 3.04. The number of amides is 2. The van der Waals surface area contributed by atoms with E-state index < -0.39 is 5.37 Å². The lowest BCUT2D eigenvalue weighted by Gasteiger charge is -2.15. The average Bonchev–Trinajstić information content (AvgIpc) is 2.53. The van der Waals surface area contributed by atoms with Gasteiger partial charge < -0.3 is 9.80 Å². The molecule has 84 valence electrons. The molecule has 2 amide bonds. The number of carbonyl (C=O) groups is 2. The molecule has 0 atom stereocenters. The summed E-state index contributed by atoms with van der Waals surface area (Å²) < 4.78 is 0. The molecule has 4 nitrogen and oxygen atoms in total. The van der Waals surface area contributed by atoms with E-state index in [-0.39, 0.29) is 5.91 Å². The van der Waals surface area contributed by atoms with Gasteiger partial charge in [-0.05, 0) is 35.4 Å². The Morgan fingerprint density at radius 2 is 2.19 bits per heavy atom. The number of halogens is 1. The number of likely N-dealkylation sites (N-methyl/N-ethyl adjacent to an activating group) is 1. The van der Waals surface area contributed by atoms with E-state index in [4.69, 9.17) is 11.6 Å². The highest BCUT2D eigenvalue weighted by atomic mass is 35.5. The fraction of sp³-hybridized carbons (Fsp3) is 0.273. The highest BCUT2D eigenvalue weighted by molar-refractivity contribution is 6.66. The molecule has 16 heavy (non-hydrogen) atoms. The van der Waals surface area contributed by atoms with Crippen molar-refractivity contribution in [3.8, 4) is 0 Å². The summed E-state index contributed by atoms with van der Waals surface area (Å²) >= 11 is 5.38. The minimum absolute atomic E-state index is 0.0620. The van der Waals surface area contributed by atoms with Gasteiger partial charge in [0.05, 0.1) is 6.42 Å². The van der Waals surface area contributed by atoms with Crippen molar-refractivity contribution in [1.82, 2.24) is 0 Å². The van der Waals surface area contributed by atoms with Crippen molar-refractivity contribution < 1.29 is 9.59 Å². The normalized spacial score (nSPS) is 13.9. The molecule has 1 aliphatic heterocycles. The number of fused-ring (bicyclic) bond motifs is 1. The zero-order valence-corrected chi connectivity index (χ0v) is 9.78. The number of carbonyl (C=O) groups excluding carboxylic acids is 2. The van der Waals surface area contributed by atoms with Gasteiger partial charge in [0, 0.05) is 25.5 Å². The maximum Gasteiger partial charge on any atom is 0.320 e. The van der Waals surface area contributed by atoms with Crippen LogP contribution in [0.2, 0.25) is 0 Å². The lowest BCUT2D eigenvalue weighted by molar-refractivity contribution is -0.117. The first-order valence-electron chi connectivity index (χ1n) is 4.83. The summed E-state index contributed by atoms with van der Waals surface area (Å²) in [7, 11) is 3.34. The van der Waals surface area contributed by atoms with Crippen LogP contribution in [0.3, 0.4) is 0 Å². The first-order chi connectivity index (χ1) is 7.50. The lowest BCUT2D eigenvalue weighted by Crippen LogP contribution is -2.20. The standard InChI is InChI=1S/C11H11ClN2O2/c1-13(11(12)16)8-3-4-9-7(5-8)6-10(15)14(9)2/h3-5H,6H2,1-2H3. The maximum atomic E-state index is 11.5. The Morgan fingerprint density at radius 1 is 1.50 bits per heavy atom. The zero-order chi connectivity index (χ0) is 11.9. The van der Waals surface area contributed by atoms with Crippen LogP contribution in [-0.2, 0) is 11.2 Å². The minimum atomic E-state index is -0.544. The Bertz CT molecular complexity index is 473. The number of rotatable bonds is 1. The van der Waals surface area contributed by atoms with Crippen LogP contribution >= 0.6 is 11.6 Å². The van der Waals surface area contributed by atoms with Gasteiger partial charge in [0.1, 0.15) is 0 Å². The van der Waals surface area contributed by atoms with Gasteiger partial charge in [-0.3, -0.25) is 9.59 Å². The maximum absolute atomic E-state index is 11.5. The third-order valence-electron chi connectivity index (χ3n) is 2.79. The Labute approximate surface area is 98.4 Å². The van der Waals surface area contributed by atoms with Gasteiger partial charge in [-0.15, -0.1) is 0 Å². The zero-order valence-electron chi connectivity index (χ0n) is 9.03. The molecule has 0 saturated carbocycles. The summed E-state index contributed by atoms with van der Waals surface area (Å²) in [6.45, 7) is 0. The van der Waals surface area contributed by atoms with Gasteiger partial charge >= 0.3 is 5.37 Å². The van der Waals surface area contributed by atoms with Crippen molar-refractivity contribution in [2.24, 2.45) is 0 Å². The van der Waals surface area contributed by atoms with Crippen LogP contribution in [0.15, 0.2) is 18.2 Å². The fourth-order valence-corrected chi connectivity index (χ4v) is 1.86. The minimum Gasteiger partial charge on any atom is -0.315 e. The third kappa shape index (κ3) is 1.65. The van der Waals surface area contributed by atoms with Crippen LogP contribution in [0.1, 0.15) is 5.56 Å². The van der Waals surface area contributed by atoms with Gasteiger partial charge in [0.2, 0.25) is 5.91 Å². The van der Waals surface area contributed by atoms with E-state index in [0.29, 0.717) is 12.1 Å². The molecule has 5 heteroatoms. The van der Waals surface area contributed by atoms with Crippen LogP contribution in [0.25, 0.3) is 0 Å². The van der Waals surface area contributed by atoms with E-state index in [1.54, 1.807) is 25.1 Å². The summed E-state index contributed by atoms with van der Waals surface area (Å²) in [6.07, 6.45) is 0.379. The highest BCUT2D eigenvalue weighted by Crippen LogP contribution is 2.31. The summed E-state index contributed by atoms with van der Waals surface area (Å²) in [4.78, 5) is 25.4. The van der Waals surface area contributed by atoms with E-state index in [1.165, 1.54) is 4.90 Å². The molecule has 1 heterocycles. The van der Waals surface area contributed by atoms with Crippen molar-refractivity contribution in [3.05, 3.63) is 23.8 Å². The van der Waals surface area contributed by atoms with Crippen LogP contribution in [-0.4, -0.2) is 25.4 Å². The number of anilines is 2. The van der Waals surface area contributed by atoms with Crippen LogP contribution in [0.4, 0.5) is 16.2 Å². The predicted molar refractivity (Wildman–Crippen MR) is 63.2 cm³/mol. The van der Waals surface area contributed by atoms with Crippen molar-refractivity contribution in [2.75, 3.05) is 23.9 Å². The summed E-state index contributed by atoms with van der Waals surface area (Å²) in [5, 5.41) is -0.544. The quantitative estimate of drug-likeness (QED) is 0.555. The SMILES string of the molecule is CN(C(=O)Cl)c1ccc2c(c1)CC(=O)N2C. The molecule has 1 aromatic carbocycles. The molecular formula is C11H11ClN2O2. The Hall–Kier alpha value is -1.55. The molecule has 0 radical (unpaired) electrons. The van der Waals surface area contributed by atoms with Gasteiger partial charge in [0.25, 0.3) is 0 Å². The summed E-state index contributed by atoms with van der Waals surface area (Å²) in [5.41, 5.74) is 2.51. The number of hydrogen-bond donors (Lipinski definition) is 0. The van der Waals surface area contributed by atoms with E-state index in [0.717, 1.165) is 11.3 Å². The topological polar surface area (TPSA) is 40.6 Å². The molecule has 0 N–H and O–H groups in total. The largest absolute Gasteiger partial charge is 0.320 e. The van der Waals surface area contributed by atoms with Crippen LogP contribution < -0.4 is 9.80 Å². The van der Waals surface area contributed by atoms with E-state index in [2.05, 4.69) is 0 Å². The van der Waals surface area contributed by atoms with E-state index >= 15 is 0 Å². The predicted octanol–water partition coefficient (Wildman–Crippen LogP) is 2.00. The average molecular weight is 239 g/mol. The monoisotopic (exact) mass is 238 g/mol. The smallest absolute Gasteiger partial charge is 0.315 e. The number of benzene rings is 1. The van der Waals surface area contributed by atoms with E-state index in [1.807, 2.05) is 12.1 Å². The molecule has 0 fully saturated rings. The van der Waals surface area contributed by atoms with Gasteiger partial charge in [-0.1, -0.05) is 0 Å². The van der Waals surface area contributed by atoms with Gasteiger partial charge in [-0.2, -0.15) is 0 Å². The molecule has 0 bridgehead atoms. The Balaban J connectivity index is 2.39. The summed E-state index contributed by atoms with van der Waals surface area (Å²) in [5.74, 6) is 0.0620. The van der Waals surface area contributed by atoms with Crippen molar-refractivity contribution in [3.63, 3.8) is 0 Å². The van der Waals surface area contributed by atoms with Crippen molar-refractivity contribution >= 4 is 34.2 Å². The van der Waals surface area contributed by atoms with Gasteiger partial charge in [-0.25, -0.2) is 0 Å². The Kier molecular flexibility index (Phi) is 2.59. The van der Waals surface area contributed by atoms with Crippen molar-refractivity contribution in [2.45, 2.75) is 6.42 Å². The molecule has 2 rings (SSSR count). The molecule has 0 aliphatic carbocycles. The number of hydrogen-bond acceptors (Lipinski definition) is 2. The molecule has 0 spiro atoms. The second kappa shape index (κ2) is 3.79. The molecular weight excluding hydrogens is 228 g/mol. The molecule has 0 aromatic heterocycles. The van der Waals surface area contributed by atoms with Crippen LogP contribution in [0, 0.1) is 0 Å². The highest BCUT2D eigenvalue weighted by Gasteiger charge is 2.24. The first kappa shape index (κ1) is 11.0. The Morgan fingerprint density at radius 3 is 2.81 bits per heavy atom. The van der Waals surface area contributed by atoms with E-state index in [9.17, 15) is 9.59 Å². The van der Waals surface area contributed by atoms with Crippen LogP contribution in [0.5, 0.6) is 0 Å². The molecule has 1 aromatic rings. The lowest BCUT2D eigenvalue weighted by atomic mass is 10.1. The van der Waals surface area contributed by atoms with Crippen molar-refractivity contribution in [1.29, 1.82) is 0 Å². The fourth-order valence-electron chi connectivity index (χ4n) is 1.77. The second-order valence-corrected chi connectivity index (χ2v) is 4.08. The number of nitrogens with zero attached hydrogens (tertiary/aromatic N) is 2. The second-order valence-electron chi connectivity index (χ2n) is 3.75.